The lowest BCUT2D eigenvalue weighted by Crippen LogP contribution is -2.48. The second-order valence-electron chi connectivity index (χ2n) is 6.53. The summed E-state index contributed by atoms with van der Waals surface area (Å²) in [4.78, 5) is 0. The molecule has 0 amide bonds. The highest BCUT2D eigenvalue weighted by Crippen LogP contribution is 2.34. The van der Waals surface area contributed by atoms with Gasteiger partial charge in [-0.25, -0.2) is 4.39 Å². The molecule has 3 rings (SSSR count). The summed E-state index contributed by atoms with van der Waals surface area (Å²) in [5.74, 6) is -0.286. The lowest BCUT2D eigenvalue weighted by atomic mass is 9.89. The van der Waals surface area contributed by atoms with E-state index < -0.39 is 0 Å². The SMILES string of the molecule is Fc1ccccc1NC(=S)NC1(CCc2ccccc2)CCCC1. The zero-order valence-electron chi connectivity index (χ0n) is 13.7. The third-order valence-electron chi connectivity index (χ3n) is 4.80. The van der Waals surface area contributed by atoms with E-state index in [9.17, 15) is 4.39 Å². The molecule has 1 aliphatic rings. The zero-order valence-corrected chi connectivity index (χ0v) is 14.5. The first-order valence-corrected chi connectivity index (χ1v) is 8.95. The van der Waals surface area contributed by atoms with Crippen molar-refractivity contribution in [2.45, 2.75) is 44.1 Å². The molecule has 4 heteroatoms. The third-order valence-corrected chi connectivity index (χ3v) is 5.00. The van der Waals surface area contributed by atoms with Crippen molar-refractivity contribution in [1.29, 1.82) is 0 Å². The Hall–Kier alpha value is -1.94. The van der Waals surface area contributed by atoms with Gasteiger partial charge in [-0.05, 0) is 55.6 Å². The molecule has 24 heavy (non-hydrogen) atoms. The first-order chi connectivity index (χ1) is 11.7. The molecule has 2 aromatic rings. The fourth-order valence-corrected chi connectivity index (χ4v) is 3.80. The molecule has 2 aromatic carbocycles. The van der Waals surface area contributed by atoms with Crippen LogP contribution < -0.4 is 10.6 Å². The van der Waals surface area contributed by atoms with Gasteiger partial charge < -0.3 is 10.6 Å². The Bertz CT molecular complexity index is 681. The second-order valence-corrected chi connectivity index (χ2v) is 6.94. The molecule has 0 aromatic heterocycles. The van der Waals surface area contributed by atoms with Crippen LogP contribution in [-0.4, -0.2) is 10.7 Å². The number of hydrogen-bond donors (Lipinski definition) is 2. The van der Waals surface area contributed by atoms with E-state index in [2.05, 4.69) is 34.9 Å². The van der Waals surface area contributed by atoms with Crippen LogP contribution in [0, 0.1) is 5.82 Å². The van der Waals surface area contributed by atoms with Crippen LogP contribution in [0.15, 0.2) is 54.6 Å². The third kappa shape index (κ3) is 4.32. The van der Waals surface area contributed by atoms with Crippen LogP contribution in [0.25, 0.3) is 0 Å². The van der Waals surface area contributed by atoms with E-state index in [0.717, 1.165) is 25.7 Å². The average molecular weight is 342 g/mol. The van der Waals surface area contributed by atoms with Crippen LogP contribution in [-0.2, 0) is 6.42 Å². The molecular formula is C20H23FN2S. The molecular weight excluding hydrogens is 319 g/mol. The summed E-state index contributed by atoms with van der Waals surface area (Å²) in [5, 5.41) is 7.01. The van der Waals surface area contributed by atoms with Gasteiger partial charge in [-0.2, -0.15) is 0 Å². The molecule has 126 valence electrons. The highest BCUT2D eigenvalue weighted by Gasteiger charge is 2.34. The number of anilines is 1. The van der Waals surface area contributed by atoms with E-state index in [1.165, 1.54) is 24.5 Å². The van der Waals surface area contributed by atoms with Crippen molar-refractivity contribution in [2.75, 3.05) is 5.32 Å². The molecule has 1 aliphatic carbocycles. The Morgan fingerprint density at radius 2 is 1.67 bits per heavy atom. The number of thiocarbonyl (C=S) groups is 1. The highest BCUT2D eigenvalue weighted by molar-refractivity contribution is 7.80. The predicted molar refractivity (Wildman–Crippen MR) is 102 cm³/mol. The van der Waals surface area contributed by atoms with E-state index in [0.29, 0.717) is 10.8 Å². The van der Waals surface area contributed by atoms with Crippen molar-refractivity contribution >= 4 is 23.0 Å². The fraction of sp³-hybridized carbons (Fsp3) is 0.350. The van der Waals surface area contributed by atoms with Crippen molar-refractivity contribution < 1.29 is 4.39 Å². The minimum absolute atomic E-state index is 0.0190. The normalized spacial score (nSPS) is 15.9. The van der Waals surface area contributed by atoms with Gasteiger partial charge in [0.15, 0.2) is 5.11 Å². The maximum absolute atomic E-state index is 13.8. The minimum Gasteiger partial charge on any atom is -0.357 e. The molecule has 0 bridgehead atoms. The first kappa shape index (κ1) is 16.9. The quantitative estimate of drug-likeness (QED) is 0.743. The van der Waals surface area contributed by atoms with Gasteiger partial charge in [0.25, 0.3) is 0 Å². The molecule has 0 aliphatic heterocycles. The highest BCUT2D eigenvalue weighted by atomic mass is 32.1. The Morgan fingerprint density at radius 3 is 2.38 bits per heavy atom. The Kier molecular flexibility index (Phi) is 5.46. The van der Waals surface area contributed by atoms with Gasteiger partial charge in [0.2, 0.25) is 0 Å². The number of benzene rings is 2. The molecule has 0 atom stereocenters. The van der Waals surface area contributed by atoms with E-state index in [4.69, 9.17) is 12.2 Å². The summed E-state index contributed by atoms with van der Waals surface area (Å²) in [6.45, 7) is 0. The van der Waals surface area contributed by atoms with Crippen molar-refractivity contribution in [3.8, 4) is 0 Å². The Balaban J connectivity index is 1.63. The number of rotatable bonds is 5. The number of nitrogens with one attached hydrogen (secondary N) is 2. The molecule has 2 N–H and O–H groups in total. The molecule has 1 fully saturated rings. The summed E-state index contributed by atoms with van der Waals surface area (Å²) in [6.07, 6.45) is 6.71. The topological polar surface area (TPSA) is 24.1 Å². The van der Waals surface area contributed by atoms with Gasteiger partial charge in [0.05, 0.1) is 5.69 Å². The van der Waals surface area contributed by atoms with Crippen molar-refractivity contribution in [2.24, 2.45) is 0 Å². The molecule has 0 saturated heterocycles. The van der Waals surface area contributed by atoms with E-state index >= 15 is 0 Å². The summed E-state index contributed by atoms with van der Waals surface area (Å²) in [7, 11) is 0. The number of halogens is 1. The van der Waals surface area contributed by atoms with Crippen LogP contribution in [0.3, 0.4) is 0 Å². The monoisotopic (exact) mass is 342 g/mol. The molecule has 0 radical (unpaired) electrons. The zero-order chi connectivity index (χ0) is 16.8. The lowest BCUT2D eigenvalue weighted by molar-refractivity contribution is 0.362. The van der Waals surface area contributed by atoms with Crippen molar-refractivity contribution in [3.05, 3.63) is 66.0 Å². The molecule has 1 saturated carbocycles. The summed E-state index contributed by atoms with van der Waals surface area (Å²) in [5.41, 5.74) is 1.79. The molecule has 0 spiro atoms. The van der Waals surface area contributed by atoms with Crippen LogP contribution in [0.1, 0.15) is 37.7 Å². The molecule has 2 nitrogen and oxygen atoms in total. The summed E-state index contributed by atoms with van der Waals surface area (Å²) >= 11 is 5.45. The van der Waals surface area contributed by atoms with Crippen LogP contribution in [0.5, 0.6) is 0 Å². The number of aryl methyl sites for hydroxylation is 1. The van der Waals surface area contributed by atoms with Gasteiger partial charge in [0, 0.05) is 5.54 Å². The van der Waals surface area contributed by atoms with E-state index in [1.807, 2.05) is 6.07 Å². The van der Waals surface area contributed by atoms with Crippen LogP contribution >= 0.6 is 12.2 Å². The minimum atomic E-state index is -0.286. The second kappa shape index (κ2) is 7.75. The first-order valence-electron chi connectivity index (χ1n) is 8.55. The molecule has 0 unspecified atom stereocenters. The van der Waals surface area contributed by atoms with E-state index in [1.54, 1.807) is 18.2 Å². The smallest absolute Gasteiger partial charge is 0.171 e. The fourth-order valence-electron chi connectivity index (χ4n) is 3.47. The lowest BCUT2D eigenvalue weighted by Gasteiger charge is -2.32. The van der Waals surface area contributed by atoms with Gasteiger partial charge in [0.1, 0.15) is 5.82 Å². The van der Waals surface area contributed by atoms with Gasteiger partial charge in [-0.1, -0.05) is 55.3 Å². The maximum Gasteiger partial charge on any atom is 0.171 e. The van der Waals surface area contributed by atoms with Crippen LogP contribution in [0.4, 0.5) is 10.1 Å². The molecule has 0 heterocycles. The van der Waals surface area contributed by atoms with Crippen molar-refractivity contribution in [1.82, 2.24) is 5.32 Å². The van der Waals surface area contributed by atoms with Gasteiger partial charge >= 0.3 is 0 Å². The Morgan fingerprint density at radius 1 is 1.00 bits per heavy atom. The summed E-state index contributed by atoms with van der Waals surface area (Å²) in [6, 6.07) is 17.1. The summed E-state index contributed by atoms with van der Waals surface area (Å²) < 4.78 is 13.8. The van der Waals surface area contributed by atoms with Gasteiger partial charge in [-0.15, -0.1) is 0 Å². The Labute approximate surface area is 148 Å². The number of para-hydroxylation sites is 1. The van der Waals surface area contributed by atoms with E-state index in [-0.39, 0.29) is 11.4 Å². The standard InChI is InChI=1S/C20H23FN2S/c21-17-10-4-5-11-18(17)22-19(24)23-20(13-6-7-14-20)15-12-16-8-2-1-3-9-16/h1-5,8-11H,6-7,12-15H2,(H2,22,23,24). The average Bonchev–Trinajstić information content (AvgIpc) is 3.05. The number of hydrogen-bond acceptors (Lipinski definition) is 1. The van der Waals surface area contributed by atoms with Crippen molar-refractivity contribution in [3.63, 3.8) is 0 Å². The largest absolute Gasteiger partial charge is 0.357 e. The predicted octanol–water partition coefficient (Wildman–Crippen LogP) is 5.06. The maximum atomic E-state index is 13.8. The van der Waals surface area contributed by atoms with Gasteiger partial charge in [-0.3, -0.25) is 0 Å². The van der Waals surface area contributed by atoms with Crippen LogP contribution in [0.2, 0.25) is 0 Å².